The number of amides is 1. The molecule has 1 aromatic carbocycles. The number of rotatable bonds is 0. The van der Waals surface area contributed by atoms with Gasteiger partial charge in [0, 0.05) is 29.6 Å². The number of carbonyl (C=O) groups is 1. The van der Waals surface area contributed by atoms with Crippen LogP contribution in [0.25, 0.3) is 0 Å². The Morgan fingerprint density at radius 3 is 3.12 bits per heavy atom. The molecule has 1 aromatic rings. The molecular formula is C21H22N2O2. The molecule has 1 amide bonds. The molecule has 1 spiro atoms. The van der Waals surface area contributed by atoms with E-state index in [1.807, 2.05) is 0 Å². The number of hydrogen-bond acceptors (Lipinski definition) is 3. The van der Waals surface area contributed by atoms with Crippen LogP contribution in [-0.4, -0.2) is 48.7 Å². The van der Waals surface area contributed by atoms with E-state index in [2.05, 4.69) is 40.1 Å². The molecule has 6 aliphatic rings. The summed E-state index contributed by atoms with van der Waals surface area (Å²) in [6, 6.07) is 9.64. The number of piperidine rings is 2. The molecule has 5 heterocycles. The topological polar surface area (TPSA) is 32.8 Å². The maximum absolute atomic E-state index is 13.2. The van der Waals surface area contributed by atoms with Gasteiger partial charge in [-0.25, -0.2) is 0 Å². The molecular weight excluding hydrogens is 312 g/mol. The van der Waals surface area contributed by atoms with E-state index in [-0.39, 0.29) is 17.4 Å². The van der Waals surface area contributed by atoms with Gasteiger partial charge in [0.1, 0.15) is 0 Å². The van der Waals surface area contributed by atoms with E-state index in [1.165, 1.54) is 30.6 Å². The zero-order valence-corrected chi connectivity index (χ0v) is 14.2. The van der Waals surface area contributed by atoms with E-state index < -0.39 is 0 Å². The lowest BCUT2D eigenvalue weighted by Gasteiger charge is -2.58. The lowest BCUT2D eigenvalue weighted by molar-refractivity contribution is -0.132. The van der Waals surface area contributed by atoms with Gasteiger partial charge in [-0.05, 0) is 36.9 Å². The van der Waals surface area contributed by atoms with Crippen LogP contribution in [0.1, 0.15) is 24.8 Å². The molecule has 2 bridgehead atoms. The van der Waals surface area contributed by atoms with Crippen molar-refractivity contribution < 1.29 is 9.53 Å². The lowest BCUT2D eigenvalue weighted by atomic mass is 9.53. The van der Waals surface area contributed by atoms with Gasteiger partial charge in [0.05, 0.1) is 25.2 Å². The van der Waals surface area contributed by atoms with Crippen molar-refractivity contribution in [2.45, 2.75) is 42.9 Å². The highest BCUT2D eigenvalue weighted by molar-refractivity contribution is 5.99. The Morgan fingerprint density at radius 2 is 2.16 bits per heavy atom. The maximum atomic E-state index is 13.2. The second-order valence-corrected chi connectivity index (χ2v) is 8.78. The summed E-state index contributed by atoms with van der Waals surface area (Å²) in [6.45, 7) is 2.97. The first-order valence-electron chi connectivity index (χ1n) is 9.75. The Hall–Kier alpha value is -1.65. The monoisotopic (exact) mass is 334 g/mol. The van der Waals surface area contributed by atoms with Gasteiger partial charge in [0.15, 0.2) is 0 Å². The summed E-state index contributed by atoms with van der Waals surface area (Å²) in [5.41, 5.74) is 4.35. The zero-order valence-electron chi connectivity index (χ0n) is 14.2. The van der Waals surface area contributed by atoms with E-state index >= 15 is 0 Å². The first-order chi connectivity index (χ1) is 12.3. The normalized spacial score (nSPS) is 45.9. The number of anilines is 1. The SMILES string of the molecule is O=C1C[C@@H]2OCC=C3CN4CC[C@]56c7ccccc7N1C5[C@H]2[C@H]3C[C@H]46. The fourth-order valence-corrected chi connectivity index (χ4v) is 7.51. The molecule has 128 valence electrons. The summed E-state index contributed by atoms with van der Waals surface area (Å²) in [5, 5.41) is 0. The van der Waals surface area contributed by atoms with Crippen molar-refractivity contribution in [1.29, 1.82) is 0 Å². The molecule has 4 nitrogen and oxygen atoms in total. The van der Waals surface area contributed by atoms with Crippen molar-refractivity contribution in [2.75, 3.05) is 24.6 Å². The standard InChI is InChI=1S/C21H22N2O2/c24-18-10-16-19-13-9-17-21(6-7-22(17)11-12(13)5-8-25-16)14-3-1-2-4-15(14)23(18)20(19)21/h1-5,13,16-17,19-20H,6-11H2/t13-,16-,17-,19-,20?,21+/m0/s1. The summed E-state index contributed by atoms with van der Waals surface area (Å²) < 4.78 is 6.25. The van der Waals surface area contributed by atoms with E-state index in [1.54, 1.807) is 5.57 Å². The molecule has 1 saturated carbocycles. The molecule has 6 atom stereocenters. The second-order valence-electron chi connectivity index (χ2n) is 8.78. The minimum absolute atomic E-state index is 0.104. The number of hydrogen-bond donors (Lipinski definition) is 0. The Bertz CT molecular complexity index is 848. The first kappa shape index (κ1) is 13.5. The summed E-state index contributed by atoms with van der Waals surface area (Å²) in [4.78, 5) is 18.1. The lowest BCUT2D eigenvalue weighted by Crippen LogP contribution is -2.69. The molecule has 1 aliphatic carbocycles. The quantitative estimate of drug-likeness (QED) is 0.681. The molecule has 3 saturated heterocycles. The van der Waals surface area contributed by atoms with Crippen molar-refractivity contribution in [2.24, 2.45) is 11.8 Å². The number of ether oxygens (including phenoxy) is 1. The van der Waals surface area contributed by atoms with Crippen LogP contribution < -0.4 is 4.90 Å². The molecule has 7 rings (SSSR count). The summed E-state index contributed by atoms with van der Waals surface area (Å²) >= 11 is 0. The fraction of sp³-hybridized carbons (Fsp3) is 0.571. The minimum Gasteiger partial charge on any atom is -0.373 e. The van der Waals surface area contributed by atoms with Crippen LogP contribution in [0.15, 0.2) is 35.9 Å². The number of nitrogens with zero attached hydrogens (tertiary/aromatic N) is 2. The van der Waals surface area contributed by atoms with E-state index in [0.717, 1.165) is 6.54 Å². The molecule has 1 unspecified atom stereocenters. The predicted molar refractivity (Wildman–Crippen MR) is 93.4 cm³/mol. The Balaban J connectivity index is 1.55. The van der Waals surface area contributed by atoms with Gasteiger partial charge in [-0.1, -0.05) is 29.8 Å². The van der Waals surface area contributed by atoms with Gasteiger partial charge in [-0.15, -0.1) is 0 Å². The fourth-order valence-electron chi connectivity index (χ4n) is 7.51. The van der Waals surface area contributed by atoms with Crippen molar-refractivity contribution in [3.05, 3.63) is 41.5 Å². The molecule has 25 heavy (non-hydrogen) atoms. The summed E-state index contributed by atoms with van der Waals surface area (Å²) in [7, 11) is 0. The summed E-state index contributed by atoms with van der Waals surface area (Å²) in [6.07, 6.45) is 5.43. The molecule has 0 N–H and O–H groups in total. The van der Waals surface area contributed by atoms with Gasteiger partial charge in [-0.2, -0.15) is 0 Å². The largest absolute Gasteiger partial charge is 0.373 e. The van der Waals surface area contributed by atoms with Crippen LogP contribution in [-0.2, 0) is 14.9 Å². The van der Waals surface area contributed by atoms with Crippen LogP contribution in [0.4, 0.5) is 5.69 Å². The van der Waals surface area contributed by atoms with Crippen molar-refractivity contribution in [3.63, 3.8) is 0 Å². The van der Waals surface area contributed by atoms with Gasteiger partial charge in [-0.3, -0.25) is 9.69 Å². The second kappa shape index (κ2) is 4.18. The number of carbonyl (C=O) groups excluding carboxylic acids is 1. The highest BCUT2D eigenvalue weighted by Gasteiger charge is 2.70. The van der Waals surface area contributed by atoms with Crippen LogP contribution >= 0.6 is 0 Å². The van der Waals surface area contributed by atoms with Crippen LogP contribution in [0.5, 0.6) is 0 Å². The summed E-state index contributed by atoms with van der Waals surface area (Å²) in [5.74, 6) is 1.35. The van der Waals surface area contributed by atoms with Gasteiger partial charge >= 0.3 is 0 Å². The predicted octanol–water partition coefficient (Wildman–Crippen LogP) is 2.09. The average molecular weight is 334 g/mol. The highest BCUT2D eigenvalue weighted by Crippen LogP contribution is 2.65. The Morgan fingerprint density at radius 1 is 1.24 bits per heavy atom. The van der Waals surface area contributed by atoms with Crippen molar-refractivity contribution in [3.8, 4) is 0 Å². The van der Waals surface area contributed by atoms with Crippen LogP contribution in [0, 0.1) is 11.8 Å². The maximum Gasteiger partial charge on any atom is 0.229 e. The third-order valence-electron chi connectivity index (χ3n) is 8.22. The molecule has 4 heteroatoms. The zero-order chi connectivity index (χ0) is 16.3. The van der Waals surface area contributed by atoms with Gasteiger partial charge in [0.2, 0.25) is 5.91 Å². The Labute approximate surface area is 147 Å². The van der Waals surface area contributed by atoms with Crippen LogP contribution in [0.3, 0.4) is 0 Å². The molecule has 0 aromatic heterocycles. The highest BCUT2D eigenvalue weighted by atomic mass is 16.5. The number of para-hydroxylation sites is 1. The van der Waals surface area contributed by atoms with Crippen molar-refractivity contribution >= 4 is 11.6 Å². The average Bonchev–Trinajstić information content (AvgIpc) is 3.10. The molecule has 4 fully saturated rings. The third-order valence-corrected chi connectivity index (χ3v) is 8.22. The third kappa shape index (κ3) is 1.33. The molecule has 0 radical (unpaired) electrons. The Kier molecular flexibility index (Phi) is 2.27. The minimum atomic E-state index is 0.104. The van der Waals surface area contributed by atoms with Crippen LogP contribution in [0.2, 0.25) is 0 Å². The number of fused-ring (bicyclic) bond motifs is 2. The number of benzene rings is 1. The van der Waals surface area contributed by atoms with E-state index in [9.17, 15) is 4.79 Å². The van der Waals surface area contributed by atoms with Gasteiger partial charge < -0.3 is 9.64 Å². The molecule has 5 aliphatic heterocycles. The van der Waals surface area contributed by atoms with Crippen molar-refractivity contribution in [1.82, 2.24) is 4.90 Å². The van der Waals surface area contributed by atoms with Gasteiger partial charge in [0.25, 0.3) is 0 Å². The van der Waals surface area contributed by atoms with E-state index in [4.69, 9.17) is 4.74 Å². The first-order valence-corrected chi connectivity index (χ1v) is 9.75. The van der Waals surface area contributed by atoms with E-state index in [0.29, 0.717) is 36.9 Å². The smallest absolute Gasteiger partial charge is 0.229 e.